The maximum atomic E-state index is 12.8. The monoisotopic (exact) mass is 330 g/mol. The van der Waals surface area contributed by atoms with Gasteiger partial charge < -0.3 is 9.84 Å². The van der Waals surface area contributed by atoms with Crippen molar-refractivity contribution in [2.45, 2.75) is 12.8 Å². The lowest BCUT2D eigenvalue weighted by Crippen LogP contribution is -2.22. The summed E-state index contributed by atoms with van der Waals surface area (Å²) in [7, 11) is 0. The molecule has 0 saturated heterocycles. The first-order chi connectivity index (χ1) is 11.1. The highest BCUT2D eigenvalue weighted by atomic mass is 35.5. The molecule has 0 fully saturated rings. The van der Waals surface area contributed by atoms with Crippen LogP contribution >= 0.6 is 11.6 Å². The van der Waals surface area contributed by atoms with Crippen molar-refractivity contribution in [2.75, 3.05) is 12.5 Å². The summed E-state index contributed by atoms with van der Waals surface area (Å²) in [4.78, 5) is 25.4. The third-order valence-corrected chi connectivity index (χ3v) is 4.07. The van der Waals surface area contributed by atoms with E-state index in [-0.39, 0.29) is 28.4 Å². The number of phenols is 1. The molecule has 0 saturated carbocycles. The molecule has 0 aliphatic heterocycles. The Morgan fingerprint density at radius 2 is 1.57 bits per heavy atom. The zero-order valence-electron chi connectivity index (χ0n) is 12.3. The lowest BCUT2D eigenvalue weighted by Gasteiger charge is -2.21. The van der Waals surface area contributed by atoms with E-state index in [1.54, 1.807) is 24.3 Å². The summed E-state index contributed by atoms with van der Waals surface area (Å²) in [5.74, 6) is -0.0134. The van der Waals surface area contributed by atoms with Gasteiger partial charge in [0.15, 0.2) is 11.6 Å². The average molecular weight is 331 g/mol. The minimum Gasteiger partial charge on any atom is -0.507 e. The van der Waals surface area contributed by atoms with Crippen molar-refractivity contribution >= 4 is 23.2 Å². The molecular weight excluding hydrogens is 316 g/mol. The number of hydrogen-bond donors (Lipinski definition) is 1. The first kappa shape index (κ1) is 15.6. The molecule has 0 spiro atoms. The van der Waals surface area contributed by atoms with E-state index in [4.69, 9.17) is 16.3 Å². The number of benzene rings is 2. The first-order valence-corrected chi connectivity index (χ1v) is 7.91. The van der Waals surface area contributed by atoms with E-state index in [0.717, 1.165) is 12.8 Å². The molecule has 4 nitrogen and oxygen atoms in total. The average Bonchev–Trinajstić information content (AvgIpc) is 2.57. The number of phenolic OH excluding ortho intramolecular Hbond substituents is 1. The summed E-state index contributed by atoms with van der Waals surface area (Å²) in [5.41, 5.74) is 0.795. The zero-order valence-corrected chi connectivity index (χ0v) is 13.1. The normalized spacial score (nSPS) is 12.7. The van der Waals surface area contributed by atoms with E-state index in [0.29, 0.717) is 29.4 Å². The predicted octanol–water partition coefficient (Wildman–Crippen LogP) is 3.57. The number of unbranched alkanes of at least 4 members (excludes halogenated alkanes) is 1. The van der Waals surface area contributed by atoms with Gasteiger partial charge in [-0.05, 0) is 25.0 Å². The highest BCUT2D eigenvalue weighted by Crippen LogP contribution is 2.38. The Morgan fingerprint density at radius 3 is 2.22 bits per heavy atom. The van der Waals surface area contributed by atoms with Gasteiger partial charge in [-0.1, -0.05) is 24.3 Å². The van der Waals surface area contributed by atoms with Crippen LogP contribution in [0.3, 0.4) is 0 Å². The van der Waals surface area contributed by atoms with Crippen LogP contribution < -0.4 is 4.74 Å². The molecule has 2 aromatic rings. The molecule has 118 valence electrons. The minimum atomic E-state index is -0.362. The number of alkyl halides is 1. The number of carbonyl (C=O) groups is 2. The van der Waals surface area contributed by atoms with Crippen LogP contribution in [-0.2, 0) is 0 Å². The van der Waals surface area contributed by atoms with Gasteiger partial charge in [0.2, 0.25) is 0 Å². The lowest BCUT2D eigenvalue weighted by atomic mass is 9.83. The van der Waals surface area contributed by atoms with Gasteiger partial charge in [-0.3, -0.25) is 9.59 Å². The number of ketones is 2. The van der Waals surface area contributed by atoms with Crippen molar-refractivity contribution in [3.8, 4) is 11.5 Å². The Balaban J connectivity index is 2.04. The molecular formula is C18H15ClO4. The largest absolute Gasteiger partial charge is 0.507 e. The second-order valence-corrected chi connectivity index (χ2v) is 5.66. The quantitative estimate of drug-likeness (QED) is 0.574. The Hall–Kier alpha value is -2.33. The van der Waals surface area contributed by atoms with Crippen molar-refractivity contribution in [1.82, 2.24) is 0 Å². The zero-order chi connectivity index (χ0) is 16.4. The molecule has 2 aromatic carbocycles. The number of halogens is 1. The molecule has 1 N–H and O–H groups in total. The maximum Gasteiger partial charge on any atom is 0.198 e. The molecule has 0 radical (unpaired) electrons. The summed E-state index contributed by atoms with van der Waals surface area (Å²) in [6, 6.07) is 9.51. The minimum absolute atomic E-state index is 0.0172. The number of ether oxygens (including phenoxy) is 1. The van der Waals surface area contributed by atoms with Gasteiger partial charge in [0.05, 0.1) is 17.7 Å². The molecule has 1 aliphatic rings. The van der Waals surface area contributed by atoms with Crippen LogP contribution in [0.2, 0.25) is 0 Å². The van der Waals surface area contributed by atoms with E-state index >= 15 is 0 Å². The lowest BCUT2D eigenvalue weighted by molar-refractivity contribution is 0.0973. The van der Waals surface area contributed by atoms with Gasteiger partial charge in [-0.25, -0.2) is 0 Å². The third-order valence-electron chi connectivity index (χ3n) is 3.80. The van der Waals surface area contributed by atoms with Crippen LogP contribution in [0.15, 0.2) is 36.4 Å². The van der Waals surface area contributed by atoms with Crippen LogP contribution in [0.5, 0.6) is 11.5 Å². The molecule has 0 atom stereocenters. The second-order valence-electron chi connectivity index (χ2n) is 5.28. The number of rotatable bonds is 5. The fourth-order valence-electron chi connectivity index (χ4n) is 2.68. The molecule has 3 rings (SSSR count). The van der Waals surface area contributed by atoms with E-state index in [1.165, 1.54) is 12.1 Å². The van der Waals surface area contributed by atoms with Gasteiger partial charge >= 0.3 is 0 Å². The molecule has 5 heteroatoms. The molecule has 0 unspecified atom stereocenters. The topological polar surface area (TPSA) is 63.6 Å². The van der Waals surface area contributed by atoms with Gasteiger partial charge in [0.1, 0.15) is 11.5 Å². The highest BCUT2D eigenvalue weighted by Gasteiger charge is 2.34. The van der Waals surface area contributed by atoms with Crippen molar-refractivity contribution in [2.24, 2.45) is 0 Å². The maximum absolute atomic E-state index is 12.8. The van der Waals surface area contributed by atoms with E-state index in [2.05, 4.69) is 0 Å². The number of carbonyl (C=O) groups excluding carboxylic acids is 2. The van der Waals surface area contributed by atoms with Crippen LogP contribution in [0.4, 0.5) is 0 Å². The molecule has 0 aromatic heterocycles. The predicted molar refractivity (Wildman–Crippen MR) is 86.9 cm³/mol. The summed E-state index contributed by atoms with van der Waals surface area (Å²) >= 11 is 5.63. The van der Waals surface area contributed by atoms with Gasteiger partial charge in [-0.15, -0.1) is 11.6 Å². The van der Waals surface area contributed by atoms with Crippen molar-refractivity contribution < 1.29 is 19.4 Å². The summed E-state index contributed by atoms with van der Waals surface area (Å²) < 4.78 is 5.65. The third kappa shape index (κ3) is 2.70. The second kappa shape index (κ2) is 6.42. The summed E-state index contributed by atoms with van der Waals surface area (Å²) in [6.45, 7) is 0.396. The van der Waals surface area contributed by atoms with Crippen LogP contribution in [0, 0.1) is 0 Å². The Bertz CT molecular complexity index is 783. The van der Waals surface area contributed by atoms with Crippen LogP contribution in [0.1, 0.15) is 44.7 Å². The number of aromatic hydroxyl groups is 1. The Morgan fingerprint density at radius 1 is 0.913 bits per heavy atom. The van der Waals surface area contributed by atoms with Gasteiger partial charge in [0, 0.05) is 17.0 Å². The summed E-state index contributed by atoms with van der Waals surface area (Å²) in [6.07, 6.45) is 1.55. The first-order valence-electron chi connectivity index (χ1n) is 7.38. The molecule has 1 aliphatic carbocycles. The molecule has 23 heavy (non-hydrogen) atoms. The molecule has 0 heterocycles. The molecule has 0 amide bonds. The van der Waals surface area contributed by atoms with Crippen molar-refractivity contribution in [1.29, 1.82) is 0 Å². The Kier molecular flexibility index (Phi) is 4.35. The van der Waals surface area contributed by atoms with E-state index in [1.807, 2.05) is 0 Å². The van der Waals surface area contributed by atoms with E-state index < -0.39 is 0 Å². The number of fused-ring (bicyclic) bond motifs is 2. The highest BCUT2D eigenvalue weighted by molar-refractivity contribution is 6.30. The Labute approximate surface area is 138 Å². The van der Waals surface area contributed by atoms with Crippen LogP contribution in [0.25, 0.3) is 0 Å². The van der Waals surface area contributed by atoms with Gasteiger partial charge in [-0.2, -0.15) is 0 Å². The van der Waals surface area contributed by atoms with Crippen molar-refractivity contribution in [3.63, 3.8) is 0 Å². The van der Waals surface area contributed by atoms with Crippen molar-refractivity contribution in [3.05, 3.63) is 58.7 Å². The van der Waals surface area contributed by atoms with Gasteiger partial charge in [0.25, 0.3) is 0 Å². The molecule has 0 bridgehead atoms. The fourth-order valence-corrected chi connectivity index (χ4v) is 2.86. The smallest absolute Gasteiger partial charge is 0.198 e. The SMILES string of the molecule is O=C1c2ccccc2C(=O)c2c(OCCCCCl)ccc(O)c21. The van der Waals surface area contributed by atoms with Crippen LogP contribution in [-0.4, -0.2) is 29.2 Å². The fraction of sp³-hybridized carbons (Fsp3) is 0.222. The standard InChI is InChI=1S/C18H15ClO4/c19-9-3-4-10-23-14-8-7-13(20)15-16(14)18(22)12-6-2-1-5-11(12)17(15)21/h1-2,5-8,20H,3-4,9-10H2. The number of hydrogen-bond acceptors (Lipinski definition) is 4. The van der Waals surface area contributed by atoms with E-state index in [9.17, 15) is 14.7 Å². The summed E-state index contributed by atoms with van der Waals surface area (Å²) in [5, 5.41) is 10.1.